The molecule has 0 fully saturated rings. The number of fused-ring (bicyclic) bond motifs is 1. The molecule has 8 nitrogen and oxygen atoms in total. The Hall–Kier alpha value is -3.04. The van der Waals surface area contributed by atoms with Crippen molar-refractivity contribution in [2.45, 2.75) is 17.0 Å². The molecule has 0 unspecified atom stereocenters. The Morgan fingerprint density at radius 2 is 1.90 bits per heavy atom. The van der Waals surface area contributed by atoms with Crippen LogP contribution in [0.25, 0.3) is 11.5 Å². The van der Waals surface area contributed by atoms with E-state index in [-0.39, 0.29) is 6.10 Å². The summed E-state index contributed by atoms with van der Waals surface area (Å²) in [6.07, 6.45) is -0.326. The van der Waals surface area contributed by atoms with Gasteiger partial charge in [-0.25, -0.2) is 0 Å². The highest BCUT2D eigenvalue weighted by atomic mass is 35.5. The molecule has 0 saturated heterocycles. The van der Waals surface area contributed by atoms with Crippen molar-refractivity contribution < 1.29 is 14.0 Å². The molecule has 1 atom stereocenters. The summed E-state index contributed by atoms with van der Waals surface area (Å²) in [6.45, 7) is 0.378. The largest absolute Gasteiger partial charge is 0.485 e. The smallest absolute Gasteiger partial charge is 0.257 e. The first-order valence-electron chi connectivity index (χ1n) is 9.16. The maximum absolute atomic E-state index is 6.03. The Labute approximate surface area is 181 Å². The average Bonchev–Trinajstić information content (AvgIpc) is 3.39. The number of thioether (sulfide) groups is 1. The zero-order valence-electron chi connectivity index (χ0n) is 15.9. The van der Waals surface area contributed by atoms with Gasteiger partial charge in [-0.2, -0.15) is 4.98 Å². The molecular weight excluding hydrogens is 426 g/mol. The Balaban J connectivity index is 1.26. The number of para-hydroxylation sites is 2. The van der Waals surface area contributed by atoms with Crippen LogP contribution in [0.2, 0.25) is 5.02 Å². The van der Waals surface area contributed by atoms with Crippen molar-refractivity contribution in [2.75, 3.05) is 6.61 Å². The molecule has 2 aromatic heterocycles. The van der Waals surface area contributed by atoms with Crippen LogP contribution in [0, 0.1) is 0 Å². The van der Waals surface area contributed by atoms with Crippen LogP contribution in [0.1, 0.15) is 17.8 Å². The van der Waals surface area contributed by atoms with Crippen molar-refractivity contribution in [3.8, 4) is 23.0 Å². The van der Waals surface area contributed by atoms with Crippen LogP contribution in [0.4, 0.5) is 0 Å². The van der Waals surface area contributed by atoms with Gasteiger partial charge in [0.1, 0.15) is 6.61 Å². The standard InChI is InChI=1S/C20H16ClN5O3S/c1-26-18(16-10-27-14-4-2-3-5-15(14)28-16)23-24-20(26)30-11-17-22-19(29-25-17)12-6-8-13(21)9-7-12/h2-9,16H,10-11H2,1H3/t16-/m1/s1. The van der Waals surface area contributed by atoms with Crippen molar-refractivity contribution in [1.82, 2.24) is 24.9 Å². The molecule has 3 heterocycles. The molecule has 0 aliphatic carbocycles. The molecule has 0 amide bonds. The third-order valence-corrected chi connectivity index (χ3v) is 5.82. The Morgan fingerprint density at radius 3 is 2.73 bits per heavy atom. The number of benzene rings is 2. The lowest BCUT2D eigenvalue weighted by Crippen LogP contribution is -2.24. The minimum absolute atomic E-state index is 0.326. The predicted molar refractivity (Wildman–Crippen MR) is 111 cm³/mol. The van der Waals surface area contributed by atoms with E-state index < -0.39 is 0 Å². The molecule has 1 aliphatic rings. The maximum Gasteiger partial charge on any atom is 0.257 e. The van der Waals surface area contributed by atoms with Gasteiger partial charge in [-0.3, -0.25) is 0 Å². The quantitative estimate of drug-likeness (QED) is 0.423. The number of hydrogen-bond acceptors (Lipinski definition) is 8. The summed E-state index contributed by atoms with van der Waals surface area (Å²) in [4.78, 5) is 4.43. The highest BCUT2D eigenvalue weighted by Crippen LogP contribution is 2.36. The Morgan fingerprint density at radius 1 is 1.10 bits per heavy atom. The van der Waals surface area contributed by atoms with Crippen molar-refractivity contribution in [3.63, 3.8) is 0 Å². The Bertz CT molecular complexity index is 1180. The number of ether oxygens (including phenoxy) is 2. The van der Waals surface area contributed by atoms with Gasteiger partial charge in [0.25, 0.3) is 5.89 Å². The first kappa shape index (κ1) is 19.0. The van der Waals surface area contributed by atoms with Crippen LogP contribution in [0.15, 0.2) is 58.2 Å². The lowest BCUT2D eigenvalue weighted by molar-refractivity contribution is 0.0825. The van der Waals surface area contributed by atoms with E-state index in [9.17, 15) is 0 Å². The third kappa shape index (κ3) is 3.73. The van der Waals surface area contributed by atoms with Crippen LogP contribution >= 0.6 is 23.4 Å². The van der Waals surface area contributed by atoms with Gasteiger partial charge in [0, 0.05) is 17.6 Å². The van der Waals surface area contributed by atoms with Crippen molar-refractivity contribution >= 4 is 23.4 Å². The summed E-state index contributed by atoms with van der Waals surface area (Å²) in [6, 6.07) is 14.8. The lowest BCUT2D eigenvalue weighted by Gasteiger charge is -2.25. The number of aromatic nitrogens is 5. The van der Waals surface area contributed by atoms with E-state index in [4.69, 9.17) is 25.6 Å². The molecule has 0 bridgehead atoms. The number of nitrogens with zero attached hydrogens (tertiary/aromatic N) is 5. The molecule has 2 aromatic carbocycles. The highest BCUT2D eigenvalue weighted by Gasteiger charge is 2.27. The topological polar surface area (TPSA) is 88.1 Å². The van der Waals surface area contributed by atoms with Crippen LogP contribution in [0.5, 0.6) is 11.5 Å². The molecular formula is C20H16ClN5O3S. The van der Waals surface area contributed by atoms with E-state index in [1.807, 2.05) is 48.0 Å². The van der Waals surface area contributed by atoms with E-state index in [1.165, 1.54) is 11.8 Å². The minimum atomic E-state index is -0.326. The van der Waals surface area contributed by atoms with Gasteiger partial charge < -0.3 is 18.6 Å². The molecule has 0 N–H and O–H groups in total. The van der Waals surface area contributed by atoms with Crippen LogP contribution in [0.3, 0.4) is 0 Å². The molecule has 1 aliphatic heterocycles. The van der Waals surface area contributed by atoms with Gasteiger partial charge in [0.15, 0.2) is 34.4 Å². The molecule has 152 valence electrons. The molecule has 4 aromatic rings. The molecule has 10 heteroatoms. The fourth-order valence-electron chi connectivity index (χ4n) is 3.03. The number of halogens is 1. The summed E-state index contributed by atoms with van der Waals surface area (Å²) in [5.41, 5.74) is 0.818. The second kappa shape index (κ2) is 8.00. The van der Waals surface area contributed by atoms with Gasteiger partial charge in [0.05, 0.1) is 5.75 Å². The average molecular weight is 442 g/mol. The highest BCUT2D eigenvalue weighted by molar-refractivity contribution is 7.98. The van der Waals surface area contributed by atoms with Gasteiger partial charge in [-0.15, -0.1) is 10.2 Å². The predicted octanol–water partition coefficient (Wildman–Crippen LogP) is 4.32. The fourth-order valence-corrected chi connectivity index (χ4v) is 3.92. The molecule has 0 spiro atoms. The normalized spacial score (nSPS) is 15.3. The van der Waals surface area contributed by atoms with E-state index in [0.29, 0.717) is 40.7 Å². The summed E-state index contributed by atoms with van der Waals surface area (Å²) in [5, 5.41) is 14.0. The van der Waals surface area contributed by atoms with E-state index in [0.717, 1.165) is 16.5 Å². The zero-order valence-corrected chi connectivity index (χ0v) is 17.4. The third-order valence-electron chi connectivity index (χ3n) is 4.55. The van der Waals surface area contributed by atoms with Crippen LogP contribution in [-0.4, -0.2) is 31.5 Å². The van der Waals surface area contributed by atoms with E-state index in [1.54, 1.807) is 12.1 Å². The first-order valence-corrected chi connectivity index (χ1v) is 10.5. The summed E-state index contributed by atoms with van der Waals surface area (Å²) >= 11 is 7.39. The van der Waals surface area contributed by atoms with E-state index >= 15 is 0 Å². The van der Waals surface area contributed by atoms with Crippen molar-refractivity contribution in [3.05, 3.63) is 65.2 Å². The van der Waals surface area contributed by atoms with Crippen molar-refractivity contribution in [2.24, 2.45) is 7.05 Å². The molecule has 30 heavy (non-hydrogen) atoms. The van der Waals surface area contributed by atoms with Gasteiger partial charge in [0.2, 0.25) is 0 Å². The fraction of sp³-hybridized carbons (Fsp3) is 0.200. The number of rotatable bonds is 5. The summed E-state index contributed by atoms with van der Waals surface area (Å²) in [7, 11) is 1.90. The maximum atomic E-state index is 6.03. The lowest BCUT2D eigenvalue weighted by atomic mass is 10.2. The van der Waals surface area contributed by atoms with Gasteiger partial charge >= 0.3 is 0 Å². The molecule has 0 radical (unpaired) electrons. The second-order valence-electron chi connectivity index (χ2n) is 6.58. The van der Waals surface area contributed by atoms with Gasteiger partial charge in [-0.05, 0) is 36.4 Å². The minimum Gasteiger partial charge on any atom is -0.485 e. The molecule has 0 saturated carbocycles. The van der Waals surface area contributed by atoms with Gasteiger partial charge in [-0.1, -0.05) is 40.7 Å². The Kier molecular flexibility index (Phi) is 5.06. The molecule has 5 rings (SSSR count). The van der Waals surface area contributed by atoms with E-state index in [2.05, 4.69) is 20.3 Å². The summed E-state index contributed by atoms with van der Waals surface area (Å²) in [5.74, 6) is 3.65. The first-order chi connectivity index (χ1) is 14.7. The SMILES string of the molecule is Cn1c(SCc2noc(-c3ccc(Cl)cc3)n2)nnc1[C@H]1COc2ccccc2O1. The zero-order chi connectivity index (χ0) is 20.5. The van der Waals surface area contributed by atoms with Crippen LogP contribution < -0.4 is 9.47 Å². The van der Waals surface area contributed by atoms with Crippen LogP contribution in [-0.2, 0) is 12.8 Å². The summed E-state index contributed by atoms with van der Waals surface area (Å²) < 4.78 is 19.1. The monoisotopic (exact) mass is 441 g/mol. The van der Waals surface area contributed by atoms with Crippen molar-refractivity contribution in [1.29, 1.82) is 0 Å². The second-order valence-corrected chi connectivity index (χ2v) is 7.95. The number of hydrogen-bond donors (Lipinski definition) is 0.